The summed E-state index contributed by atoms with van der Waals surface area (Å²) in [5.41, 5.74) is -0.899. The molecule has 0 aromatic heterocycles. The first kappa shape index (κ1) is 9.66. The van der Waals surface area contributed by atoms with Crippen LogP contribution in [0.5, 0.6) is 0 Å². The molecule has 6 nitrogen and oxygen atoms in total. The highest BCUT2D eigenvalue weighted by Crippen LogP contribution is 2.30. The standard InChI is InChI=1S/C7H11N3O3/c1-4-5(11)7(2,3)9(8)6(4)10(12)13/h8H2,1-3H3. The van der Waals surface area contributed by atoms with E-state index in [-0.39, 0.29) is 17.2 Å². The van der Waals surface area contributed by atoms with Crippen molar-refractivity contribution in [2.75, 3.05) is 0 Å². The van der Waals surface area contributed by atoms with Crippen molar-refractivity contribution >= 4 is 5.78 Å². The zero-order valence-corrected chi connectivity index (χ0v) is 7.70. The topological polar surface area (TPSA) is 89.5 Å². The third kappa shape index (κ3) is 1.10. The van der Waals surface area contributed by atoms with Gasteiger partial charge in [0.05, 0.1) is 5.57 Å². The van der Waals surface area contributed by atoms with Gasteiger partial charge in [-0.3, -0.25) is 4.79 Å². The first-order chi connectivity index (χ1) is 5.80. The number of hydrogen-bond donors (Lipinski definition) is 1. The van der Waals surface area contributed by atoms with Gasteiger partial charge in [-0.25, -0.2) is 0 Å². The van der Waals surface area contributed by atoms with Gasteiger partial charge in [0.25, 0.3) is 0 Å². The predicted octanol–water partition coefficient (Wildman–Crippen LogP) is 0.0316. The number of ketones is 1. The lowest BCUT2D eigenvalue weighted by atomic mass is 9.98. The molecule has 0 fully saturated rings. The molecule has 1 aliphatic rings. The summed E-state index contributed by atoms with van der Waals surface area (Å²) in [7, 11) is 0. The number of nitrogens with two attached hydrogens (primary N) is 1. The minimum Gasteiger partial charge on any atom is -0.358 e. The van der Waals surface area contributed by atoms with E-state index in [2.05, 4.69) is 0 Å². The molecule has 0 aliphatic carbocycles. The Morgan fingerprint density at radius 2 is 2.00 bits per heavy atom. The minimum atomic E-state index is -1.01. The summed E-state index contributed by atoms with van der Waals surface area (Å²) in [4.78, 5) is 21.4. The fourth-order valence-corrected chi connectivity index (χ4v) is 1.34. The van der Waals surface area contributed by atoms with Gasteiger partial charge >= 0.3 is 5.82 Å². The molecule has 0 radical (unpaired) electrons. The molecule has 1 aliphatic heterocycles. The van der Waals surface area contributed by atoms with Gasteiger partial charge < -0.3 is 10.1 Å². The molecule has 0 unspecified atom stereocenters. The number of hydrazine groups is 1. The van der Waals surface area contributed by atoms with Crippen molar-refractivity contribution in [1.82, 2.24) is 5.01 Å². The Morgan fingerprint density at radius 1 is 1.54 bits per heavy atom. The van der Waals surface area contributed by atoms with Crippen LogP contribution in [-0.2, 0) is 4.79 Å². The van der Waals surface area contributed by atoms with Crippen LogP contribution >= 0.6 is 0 Å². The largest absolute Gasteiger partial charge is 0.358 e. The zero-order valence-electron chi connectivity index (χ0n) is 7.70. The number of Topliss-reactive ketones (excluding diaryl/α,β-unsaturated/α-hetero) is 1. The Kier molecular flexibility index (Phi) is 1.88. The Labute approximate surface area is 75.1 Å². The highest BCUT2D eigenvalue weighted by molar-refractivity contribution is 6.04. The Bertz CT molecular complexity index is 319. The lowest BCUT2D eigenvalue weighted by Crippen LogP contribution is -2.49. The average molecular weight is 185 g/mol. The van der Waals surface area contributed by atoms with Crippen molar-refractivity contribution < 1.29 is 9.72 Å². The maximum atomic E-state index is 11.5. The first-order valence-corrected chi connectivity index (χ1v) is 3.75. The summed E-state index contributed by atoms with van der Waals surface area (Å²) in [5, 5.41) is 11.4. The van der Waals surface area contributed by atoms with E-state index in [0.29, 0.717) is 0 Å². The van der Waals surface area contributed by atoms with Gasteiger partial charge in [0, 0.05) is 0 Å². The molecule has 0 aromatic carbocycles. The number of carbonyl (C=O) groups is 1. The summed E-state index contributed by atoms with van der Waals surface area (Å²) in [5.74, 6) is 4.84. The van der Waals surface area contributed by atoms with Crippen molar-refractivity contribution in [2.45, 2.75) is 26.3 Å². The van der Waals surface area contributed by atoms with Crippen LogP contribution in [0.2, 0.25) is 0 Å². The minimum absolute atomic E-state index is 0.109. The van der Waals surface area contributed by atoms with Crippen molar-refractivity contribution in [1.29, 1.82) is 0 Å². The quantitative estimate of drug-likeness (QED) is 0.353. The van der Waals surface area contributed by atoms with Crippen molar-refractivity contribution in [3.05, 3.63) is 21.5 Å². The molecule has 0 atom stereocenters. The van der Waals surface area contributed by atoms with Crippen molar-refractivity contribution in [3.63, 3.8) is 0 Å². The van der Waals surface area contributed by atoms with E-state index >= 15 is 0 Å². The van der Waals surface area contributed by atoms with Gasteiger partial charge in [-0.05, 0) is 25.7 Å². The van der Waals surface area contributed by atoms with Gasteiger partial charge in [0.1, 0.15) is 0 Å². The Balaban J connectivity index is 3.25. The highest BCUT2D eigenvalue weighted by Gasteiger charge is 2.51. The Morgan fingerprint density at radius 3 is 2.15 bits per heavy atom. The number of rotatable bonds is 1. The van der Waals surface area contributed by atoms with E-state index in [4.69, 9.17) is 5.84 Å². The summed E-state index contributed by atoms with van der Waals surface area (Å²) >= 11 is 0. The van der Waals surface area contributed by atoms with E-state index < -0.39 is 10.5 Å². The molecule has 0 saturated carbocycles. The van der Waals surface area contributed by atoms with Crippen molar-refractivity contribution in [2.24, 2.45) is 5.84 Å². The fourth-order valence-electron chi connectivity index (χ4n) is 1.34. The van der Waals surface area contributed by atoms with Crippen LogP contribution in [0.25, 0.3) is 0 Å². The van der Waals surface area contributed by atoms with Crippen LogP contribution in [0.4, 0.5) is 0 Å². The smallest absolute Gasteiger partial charge is 0.343 e. The van der Waals surface area contributed by atoms with Crippen LogP contribution in [0.15, 0.2) is 11.4 Å². The lowest BCUT2D eigenvalue weighted by molar-refractivity contribution is -0.448. The van der Waals surface area contributed by atoms with E-state index in [1.54, 1.807) is 13.8 Å². The summed E-state index contributed by atoms with van der Waals surface area (Å²) < 4.78 is 0. The predicted molar refractivity (Wildman–Crippen MR) is 44.8 cm³/mol. The molecular formula is C7H11N3O3. The van der Waals surface area contributed by atoms with E-state index in [9.17, 15) is 14.9 Å². The molecule has 6 heteroatoms. The third-order valence-corrected chi connectivity index (χ3v) is 2.24. The normalized spacial score (nSPS) is 21.2. The van der Waals surface area contributed by atoms with E-state index in [1.807, 2.05) is 0 Å². The van der Waals surface area contributed by atoms with Crippen LogP contribution in [0.1, 0.15) is 20.8 Å². The molecule has 0 aromatic rings. The first-order valence-electron chi connectivity index (χ1n) is 3.75. The number of nitrogens with zero attached hydrogens (tertiary/aromatic N) is 2. The SMILES string of the molecule is CC1=C([N+](=O)[O-])N(N)C(C)(C)C1=O. The number of nitro groups is 1. The molecule has 0 saturated heterocycles. The molecule has 1 heterocycles. The second-order valence-corrected chi connectivity index (χ2v) is 3.46. The van der Waals surface area contributed by atoms with Gasteiger partial charge in [-0.2, -0.15) is 10.9 Å². The second kappa shape index (κ2) is 2.53. The molecular weight excluding hydrogens is 174 g/mol. The molecule has 0 spiro atoms. The lowest BCUT2D eigenvalue weighted by Gasteiger charge is -2.20. The van der Waals surface area contributed by atoms with Gasteiger partial charge in [0.15, 0.2) is 5.54 Å². The maximum Gasteiger partial charge on any atom is 0.343 e. The monoisotopic (exact) mass is 185 g/mol. The van der Waals surface area contributed by atoms with E-state index in [1.165, 1.54) is 6.92 Å². The van der Waals surface area contributed by atoms with Crippen LogP contribution in [0, 0.1) is 10.1 Å². The summed E-state index contributed by atoms with van der Waals surface area (Å²) in [6.45, 7) is 4.51. The molecule has 13 heavy (non-hydrogen) atoms. The number of hydrogen-bond acceptors (Lipinski definition) is 5. The average Bonchev–Trinajstić information content (AvgIpc) is 2.14. The van der Waals surface area contributed by atoms with E-state index in [0.717, 1.165) is 5.01 Å². The fraction of sp³-hybridized carbons (Fsp3) is 0.571. The van der Waals surface area contributed by atoms with Gasteiger partial charge in [-0.15, -0.1) is 0 Å². The zero-order chi connectivity index (χ0) is 10.4. The summed E-state index contributed by atoms with van der Waals surface area (Å²) in [6, 6.07) is 0. The molecule has 0 amide bonds. The molecule has 72 valence electrons. The number of carbonyl (C=O) groups excluding carboxylic acids is 1. The van der Waals surface area contributed by atoms with Gasteiger partial charge in [-0.1, -0.05) is 0 Å². The molecule has 1 rings (SSSR count). The maximum absolute atomic E-state index is 11.5. The molecule has 2 N–H and O–H groups in total. The van der Waals surface area contributed by atoms with Crippen LogP contribution < -0.4 is 5.84 Å². The second-order valence-electron chi connectivity index (χ2n) is 3.46. The van der Waals surface area contributed by atoms with Gasteiger partial charge in [0.2, 0.25) is 5.78 Å². The van der Waals surface area contributed by atoms with Crippen molar-refractivity contribution in [3.8, 4) is 0 Å². The van der Waals surface area contributed by atoms with Crippen LogP contribution in [-0.4, -0.2) is 21.3 Å². The van der Waals surface area contributed by atoms with Crippen LogP contribution in [0.3, 0.4) is 0 Å². The third-order valence-electron chi connectivity index (χ3n) is 2.24. The Hall–Kier alpha value is -1.43. The molecule has 0 bridgehead atoms. The highest BCUT2D eigenvalue weighted by atomic mass is 16.6. The summed E-state index contributed by atoms with van der Waals surface area (Å²) in [6.07, 6.45) is 0.